The number of methoxy groups -OCH3 is 2. The van der Waals surface area contributed by atoms with Crippen molar-refractivity contribution in [2.75, 3.05) is 30.2 Å². The highest BCUT2D eigenvalue weighted by Crippen LogP contribution is 2.33. The Kier molecular flexibility index (Phi) is 8.45. The fourth-order valence-corrected chi connectivity index (χ4v) is 4.41. The van der Waals surface area contributed by atoms with Crippen molar-refractivity contribution in [2.45, 2.75) is 6.36 Å². The molecule has 3 aromatic carbocycles. The van der Waals surface area contributed by atoms with E-state index in [0.717, 1.165) is 17.8 Å². The summed E-state index contributed by atoms with van der Waals surface area (Å²) in [7, 11) is 3.01. The lowest BCUT2D eigenvalue weighted by Crippen LogP contribution is -2.31. The summed E-state index contributed by atoms with van der Waals surface area (Å²) in [5, 5.41) is 2.64. The summed E-state index contributed by atoms with van der Waals surface area (Å²) in [5.41, 5.74) is 1.16. The number of ether oxygens (including phenoxy) is 3. The van der Waals surface area contributed by atoms with Gasteiger partial charge in [-0.3, -0.25) is 14.5 Å². The molecule has 0 saturated heterocycles. The summed E-state index contributed by atoms with van der Waals surface area (Å²) >= 11 is 0.960. The van der Waals surface area contributed by atoms with E-state index in [9.17, 15) is 22.8 Å². The third-order valence-electron chi connectivity index (χ3n) is 5.27. The number of amides is 2. The number of hydrogen-bond acceptors (Lipinski definition) is 7. The van der Waals surface area contributed by atoms with Crippen LogP contribution in [0.5, 0.6) is 17.2 Å². The van der Waals surface area contributed by atoms with Crippen LogP contribution in [0.15, 0.2) is 83.5 Å². The Morgan fingerprint density at radius 1 is 0.974 bits per heavy atom. The van der Waals surface area contributed by atoms with Crippen LogP contribution in [-0.2, 0) is 9.59 Å². The van der Waals surface area contributed by atoms with Crippen LogP contribution in [0.25, 0.3) is 6.08 Å². The van der Waals surface area contributed by atoms with Gasteiger partial charge in [-0.1, -0.05) is 48.2 Å². The van der Waals surface area contributed by atoms with Gasteiger partial charge in [0.2, 0.25) is 5.91 Å². The average Bonchev–Trinajstić information content (AvgIpc) is 3.22. The molecule has 4 rings (SSSR count). The Labute approximate surface area is 226 Å². The number of nitrogens with zero attached hydrogens (tertiary/aromatic N) is 2. The van der Waals surface area contributed by atoms with E-state index in [1.54, 1.807) is 54.6 Å². The van der Waals surface area contributed by atoms with Gasteiger partial charge in [-0.05, 0) is 48.0 Å². The molecule has 0 spiro atoms. The first-order valence-electron chi connectivity index (χ1n) is 11.4. The highest BCUT2D eigenvalue weighted by atomic mass is 32.2. The number of thioether (sulfide) groups is 1. The van der Waals surface area contributed by atoms with E-state index in [0.29, 0.717) is 22.7 Å². The number of amidine groups is 1. The van der Waals surface area contributed by atoms with E-state index in [2.05, 4.69) is 15.0 Å². The van der Waals surface area contributed by atoms with E-state index in [-0.39, 0.29) is 22.3 Å². The Hall–Kier alpha value is -4.45. The molecule has 1 heterocycles. The van der Waals surface area contributed by atoms with E-state index >= 15 is 0 Å². The maximum absolute atomic E-state index is 13.4. The lowest BCUT2D eigenvalue weighted by Gasteiger charge is -2.18. The van der Waals surface area contributed by atoms with Crippen LogP contribution in [-0.4, -0.2) is 43.3 Å². The molecule has 0 unspecified atom stereocenters. The molecule has 3 aromatic rings. The first-order valence-corrected chi connectivity index (χ1v) is 12.4. The number of para-hydroxylation sites is 3. The molecule has 0 aliphatic carbocycles. The van der Waals surface area contributed by atoms with E-state index < -0.39 is 23.9 Å². The fourth-order valence-electron chi connectivity index (χ4n) is 3.60. The Bertz CT molecular complexity index is 1430. The van der Waals surface area contributed by atoms with Crippen molar-refractivity contribution in [3.8, 4) is 17.2 Å². The first-order chi connectivity index (χ1) is 18.7. The van der Waals surface area contributed by atoms with Crippen molar-refractivity contribution in [2.24, 2.45) is 4.99 Å². The van der Waals surface area contributed by atoms with Crippen LogP contribution >= 0.6 is 11.8 Å². The monoisotopic (exact) mass is 557 g/mol. The number of carbonyl (C=O) groups excluding carboxylic acids is 2. The smallest absolute Gasteiger partial charge is 0.493 e. The highest BCUT2D eigenvalue weighted by Gasteiger charge is 2.33. The predicted molar refractivity (Wildman–Crippen MR) is 143 cm³/mol. The molecule has 0 atom stereocenters. The lowest BCUT2D eigenvalue weighted by molar-refractivity contribution is -0.274. The minimum absolute atomic E-state index is 0.123. The van der Waals surface area contributed by atoms with Gasteiger partial charge in [0.1, 0.15) is 5.70 Å². The largest absolute Gasteiger partial charge is 0.573 e. The van der Waals surface area contributed by atoms with Crippen molar-refractivity contribution in [1.82, 2.24) is 0 Å². The molecule has 0 fully saturated rings. The molecule has 0 radical (unpaired) electrons. The van der Waals surface area contributed by atoms with E-state index in [1.807, 2.05) is 0 Å². The number of anilines is 2. The van der Waals surface area contributed by atoms with Crippen molar-refractivity contribution in [3.63, 3.8) is 0 Å². The second-order valence-corrected chi connectivity index (χ2v) is 8.84. The Morgan fingerprint density at radius 3 is 2.36 bits per heavy atom. The van der Waals surface area contributed by atoms with Crippen LogP contribution in [0.1, 0.15) is 5.56 Å². The van der Waals surface area contributed by atoms with Gasteiger partial charge in [0.15, 0.2) is 22.4 Å². The SMILES string of the molecule is COc1ccc(/C=C2/N=C(SCC(=O)Nc3ccccc3OC(F)(F)F)N(c3ccccc3)C2=O)cc1OC. The predicted octanol–water partition coefficient (Wildman–Crippen LogP) is 5.72. The normalized spacial score (nSPS) is 14.3. The molecule has 12 heteroatoms. The molecule has 0 aromatic heterocycles. The van der Waals surface area contributed by atoms with Crippen LogP contribution in [0.3, 0.4) is 0 Å². The van der Waals surface area contributed by atoms with Crippen molar-refractivity contribution in [3.05, 3.63) is 84.1 Å². The molecule has 1 N–H and O–H groups in total. The van der Waals surface area contributed by atoms with Crippen LogP contribution in [0.2, 0.25) is 0 Å². The molecule has 0 saturated carbocycles. The zero-order valence-electron chi connectivity index (χ0n) is 20.7. The Balaban J connectivity index is 1.56. The van der Waals surface area contributed by atoms with Gasteiger partial charge in [-0.15, -0.1) is 13.2 Å². The van der Waals surface area contributed by atoms with Gasteiger partial charge in [0.25, 0.3) is 5.91 Å². The molecule has 1 aliphatic heterocycles. The molecule has 1 aliphatic rings. The lowest BCUT2D eigenvalue weighted by atomic mass is 10.1. The Morgan fingerprint density at radius 2 is 1.67 bits per heavy atom. The van der Waals surface area contributed by atoms with E-state index in [4.69, 9.17) is 9.47 Å². The maximum Gasteiger partial charge on any atom is 0.573 e. The summed E-state index contributed by atoms with van der Waals surface area (Å²) in [6.07, 6.45) is -3.33. The molecule has 202 valence electrons. The summed E-state index contributed by atoms with van der Waals surface area (Å²) in [6.45, 7) is 0. The number of nitrogens with one attached hydrogen (secondary N) is 1. The summed E-state index contributed by atoms with van der Waals surface area (Å²) in [6, 6.07) is 19.1. The maximum atomic E-state index is 13.4. The molecule has 2 amide bonds. The topological polar surface area (TPSA) is 89.5 Å². The number of rotatable bonds is 8. The van der Waals surface area contributed by atoms with Crippen LogP contribution in [0.4, 0.5) is 24.5 Å². The standard InChI is InChI=1S/C27H22F3N3O5S/c1-36-22-13-12-17(15-23(22)37-2)14-20-25(35)33(18-8-4-3-5-9-18)26(32-20)39-16-24(34)31-19-10-6-7-11-21(19)38-27(28,29)30/h3-15H,16H2,1-2H3,(H,31,34)/b20-14+. The number of hydrogen-bond donors (Lipinski definition) is 1. The number of aliphatic imine (C=N–C) groups is 1. The van der Waals surface area contributed by atoms with Crippen molar-refractivity contribution >= 4 is 46.2 Å². The summed E-state index contributed by atoms with van der Waals surface area (Å²) < 4.78 is 52.7. The molecule has 8 nitrogen and oxygen atoms in total. The van der Waals surface area contributed by atoms with Gasteiger partial charge in [-0.25, -0.2) is 4.99 Å². The first kappa shape index (κ1) is 27.6. The number of alkyl halides is 3. The van der Waals surface area contributed by atoms with Crippen LogP contribution in [0, 0.1) is 0 Å². The quantitative estimate of drug-likeness (QED) is 0.357. The van der Waals surface area contributed by atoms with E-state index in [1.165, 1.54) is 37.3 Å². The van der Waals surface area contributed by atoms with Crippen LogP contribution < -0.4 is 24.4 Å². The van der Waals surface area contributed by atoms with Crippen molar-refractivity contribution in [1.29, 1.82) is 0 Å². The third kappa shape index (κ3) is 6.90. The fraction of sp³-hybridized carbons (Fsp3) is 0.148. The molecule has 0 bridgehead atoms. The number of halogens is 3. The highest BCUT2D eigenvalue weighted by molar-refractivity contribution is 8.14. The number of carbonyl (C=O) groups is 2. The minimum Gasteiger partial charge on any atom is -0.493 e. The second-order valence-electron chi connectivity index (χ2n) is 7.90. The van der Waals surface area contributed by atoms with Gasteiger partial charge in [0, 0.05) is 0 Å². The van der Waals surface area contributed by atoms with Gasteiger partial charge < -0.3 is 19.5 Å². The van der Waals surface area contributed by atoms with Gasteiger partial charge in [0.05, 0.1) is 31.3 Å². The summed E-state index contributed by atoms with van der Waals surface area (Å²) in [5.74, 6) is -0.803. The van der Waals surface area contributed by atoms with Gasteiger partial charge in [-0.2, -0.15) is 0 Å². The van der Waals surface area contributed by atoms with Crippen molar-refractivity contribution < 1.29 is 37.0 Å². The molecular formula is C27H22F3N3O5S. The second kappa shape index (κ2) is 11.9. The summed E-state index contributed by atoms with van der Waals surface area (Å²) in [4.78, 5) is 31.8. The zero-order chi connectivity index (χ0) is 28.0. The number of benzene rings is 3. The third-order valence-corrected chi connectivity index (χ3v) is 6.21. The average molecular weight is 558 g/mol. The van der Waals surface area contributed by atoms with Gasteiger partial charge >= 0.3 is 6.36 Å². The zero-order valence-corrected chi connectivity index (χ0v) is 21.5. The molecule has 39 heavy (non-hydrogen) atoms. The minimum atomic E-state index is -4.92. The molecular weight excluding hydrogens is 535 g/mol.